The number of nitrogens with one attached hydrogen (secondary N) is 1. The maximum Gasteiger partial charge on any atom is 0.277 e. The lowest BCUT2D eigenvalue weighted by Gasteiger charge is -2.22. The Hall–Kier alpha value is -2.09. The summed E-state index contributed by atoms with van der Waals surface area (Å²) in [4.78, 5) is 12.0. The molecule has 3 rings (SSSR count). The van der Waals surface area contributed by atoms with Gasteiger partial charge in [0, 0.05) is 6.04 Å². The first kappa shape index (κ1) is 18.7. The number of halogens is 1. The molecule has 1 atom stereocenters. The Morgan fingerprint density at radius 1 is 1.35 bits per heavy atom. The van der Waals surface area contributed by atoms with Crippen LogP contribution >= 0.6 is 11.8 Å². The number of hydrogen-bond donors (Lipinski definition) is 1. The fraction of sp³-hybridized carbons (Fsp3) is 0.500. The van der Waals surface area contributed by atoms with Gasteiger partial charge in [-0.25, -0.2) is 4.39 Å². The van der Waals surface area contributed by atoms with Crippen LogP contribution in [0.4, 0.5) is 4.39 Å². The van der Waals surface area contributed by atoms with Gasteiger partial charge in [-0.15, -0.1) is 10.2 Å². The Kier molecular flexibility index (Phi) is 6.49. The van der Waals surface area contributed by atoms with Crippen LogP contribution in [0.3, 0.4) is 0 Å². The van der Waals surface area contributed by atoms with Crippen molar-refractivity contribution in [2.45, 2.75) is 56.4 Å². The molecule has 0 radical (unpaired) electrons. The Bertz CT molecular complexity index is 734. The van der Waals surface area contributed by atoms with E-state index in [2.05, 4.69) is 15.5 Å². The summed E-state index contributed by atoms with van der Waals surface area (Å²) in [6.45, 7) is 1.70. The summed E-state index contributed by atoms with van der Waals surface area (Å²) >= 11 is 1.18. The number of rotatable bonds is 7. The minimum Gasteiger partial charge on any atom is -0.478 e. The quantitative estimate of drug-likeness (QED) is 0.736. The van der Waals surface area contributed by atoms with Gasteiger partial charge in [0.15, 0.2) is 17.7 Å². The smallest absolute Gasteiger partial charge is 0.277 e. The molecule has 1 saturated carbocycles. The highest BCUT2D eigenvalue weighted by Gasteiger charge is 2.19. The summed E-state index contributed by atoms with van der Waals surface area (Å²) < 4.78 is 24.7. The van der Waals surface area contributed by atoms with Crippen molar-refractivity contribution in [2.24, 2.45) is 0 Å². The van der Waals surface area contributed by atoms with Crippen molar-refractivity contribution in [3.8, 4) is 5.75 Å². The first-order chi connectivity index (χ1) is 12.6. The van der Waals surface area contributed by atoms with Gasteiger partial charge in [0.05, 0.1) is 5.75 Å². The number of carbonyl (C=O) groups excluding carboxylic acids is 1. The SMILES string of the molecule is C[C@@H](Oc1ccccc1F)c1nnc(SCC(=O)NC2CCCCC2)o1. The zero-order valence-corrected chi connectivity index (χ0v) is 15.4. The molecule has 1 amide bonds. The highest BCUT2D eigenvalue weighted by Crippen LogP contribution is 2.25. The van der Waals surface area contributed by atoms with Crippen LogP contribution in [0.5, 0.6) is 5.75 Å². The zero-order chi connectivity index (χ0) is 18.4. The van der Waals surface area contributed by atoms with Gasteiger partial charge in [0.1, 0.15) is 0 Å². The van der Waals surface area contributed by atoms with E-state index in [1.54, 1.807) is 19.1 Å². The van der Waals surface area contributed by atoms with Crippen molar-refractivity contribution in [2.75, 3.05) is 5.75 Å². The average molecular weight is 379 g/mol. The summed E-state index contributed by atoms with van der Waals surface area (Å²) in [6, 6.07) is 6.41. The lowest BCUT2D eigenvalue weighted by molar-refractivity contribution is -0.119. The van der Waals surface area contributed by atoms with Crippen LogP contribution in [0.15, 0.2) is 33.9 Å². The number of thioether (sulfide) groups is 1. The molecule has 1 heterocycles. The van der Waals surface area contributed by atoms with Crippen molar-refractivity contribution in [1.29, 1.82) is 0 Å². The van der Waals surface area contributed by atoms with Gasteiger partial charge >= 0.3 is 0 Å². The Morgan fingerprint density at radius 3 is 2.88 bits per heavy atom. The predicted molar refractivity (Wildman–Crippen MR) is 95.5 cm³/mol. The number of carbonyl (C=O) groups is 1. The fourth-order valence-corrected chi connectivity index (χ4v) is 3.45. The second-order valence-corrected chi connectivity index (χ2v) is 7.21. The fourth-order valence-electron chi connectivity index (χ4n) is 2.87. The van der Waals surface area contributed by atoms with E-state index >= 15 is 0 Å². The number of aromatic nitrogens is 2. The van der Waals surface area contributed by atoms with Gasteiger partial charge in [-0.1, -0.05) is 43.2 Å². The minimum atomic E-state index is -0.593. The number of para-hydroxylation sites is 1. The standard InChI is InChI=1S/C18H22FN3O3S/c1-12(24-15-10-6-5-9-14(15)19)17-21-22-18(25-17)26-11-16(23)20-13-7-3-2-4-8-13/h5-6,9-10,12-13H,2-4,7-8,11H2,1H3,(H,20,23)/t12-/m1/s1. The molecule has 1 N–H and O–H groups in total. The maximum atomic E-state index is 13.6. The zero-order valence-electron chi connectivity index (χ0n) is 14.6. The van der Waals surface area contributed by atoms with Crippen molar-refractivity contribution in [1.82, 2.24) is 15.5 Å². The molecule has 0 aliphatic heterocycles. The Balaban J connectivity index is 1.48. The summed E-state index contributed by atoms with van der Waals surface area (Å²) in [5.41, 5.74) is 0. The van der Waals surface area contributed by atoms with Crippen LogP contribution < -0.4 is 10.1 Å². The monoisotopic (exact) mass is 379 g/mol. The van der Waals surface area contributed by atoms with Crippen LogP contribution in [0.25, 0.3) is 0 Å². The molecule has 140 valence electrons. The van der Waals surface area contributed by atoms with E-state index in [1.165, 1.54) is 43.2 Å². The van der Waals surface area contributed by atoms with Gasteiger partial charge in [0.25, 0.3) is 11.1 Å². The first-order valence-corrected chi connectivity index (χ1v) is 9.77. The van der Waals surface area contributed by atoms with E-state index in [0.29, 0.717) is 5.22 Å². The average Bonchev–Trinajstić information content (AvgIpc) is 3.12. The van der Waals surface area contributed by atoms with Gasteiger partial charge in [-0.2, -0.15) is 0 Å². The van der Waals surface area contributed by atoms with Gasteiger partial charge in [0.2, 0.25) is 5.91 Å². The normalized spacial score (nSPS) is 16.2. The molecule has 1 aliphatic rings. The largest absolute Gasteiger partial charge is 0.478 e. The molecule has 1 aromatic heterocycles. The van der Waals surface area contributed by atoms with E-state index in [4.69, 9.17) is 9.15 Å². The van der Waals surface area contributed by atoms with Gasteiger partial charge < -0.3 is 14.5 Å². The van der Waals surface area contributed by atoms with Gasteiger partial charge in [-0.3, -0.25) is 4.79 Å². The molecule has 1 aliphatic carbocycles. The molecule has 0 saturated heterocycles. The van der Waals surface area contributed by atoms with Crippen molar-refractivity contribution in [3.63, 3.8) is 0 Å². The number of ether oxygens (including phenoxy) is 1. The van der Waals surface area contributed by atoms with Crippen LogP contribution in [0.2, 0.25) is 0 Å². The number of benzene rings is 1. The predicted octanol–water partition coefficient (Wildman–Crippen LogP) is 3.89. The van der Waals surface area contributed by atoms with Crippen molar-refractivity contribution >= 4 is 17.7 Å². The molecular formula is C18H22FN3O3S. The second kappa shape index (κ2) is 9.02. The minimum absolute atomic E-state index is 0.0303. The summed E-state index contributed by atoms with van der Waals surface area (Å²) in [5.74, 6) is 0.105. The van der Waals surface area contributed by atoms with E-state index in [0.717, 1.165) is 12.8 Å². The second-order valence-electron chi connectivity index (χ2n) is 6.29. The molecular weight excluding hydrogens is 357 g/mol. The topological polar surface area (TPSA) is 77.2 Å². The van der Waals surface area contributed by atoms with Crippen molar-refractivity contribution in [3.05, 3.63) is 36.0 Å². The van der Waals surface area contributed by atoms with E-state index in [-0.39, 0.29) is 29.3 Å². The van der Waals surface area contributed by atoms with Crippen LogP contribution in [0.1, 0.15) is 51.0 Å². The summed E-state index contributed by atoms with van der Waals surface area (Å²) in [5, 5.41) is 11.2. The highest BCUT2D eigenvalue weighted by atomic mass is 32.2. The maximum absolute atomic E-state index is 13.6. The van der Waals surface area contributed by atoms with E-state index in [9.17, 15) is 9.18 Å². The van der Waals surface area contributed by atoms with Crippen LogP contribution in [-0.4, -0.2) is 27.9 Å². The molecule has 26 heavy (non-hydrogen) atoms. The third kappa shape index (κ3) is 5.20. The molecule has 1 aromatic carbocycles. The molecule has 2 aromatic rings. The molecule has 1 fully saturated rings. The Labute approximate surface area is 155 Å². The molecule has 6 nitrogen and oxygen atoms in total. The molecule has 0 spiro atoms. The number of hydrogen-bond acceptors (Lipinski definition) is 6. The molecule has 0 unspecified atom stereocenters. The van der Waals surface area contributed by atoms with Crippen molar-refractivity contribution < 1.29 is 18.3 Å². The van der Waals surface area contributed by atoms with E-state index < -0.39 is 11.9 Å². The highest BCUT2D eigenvalue weighted by molar-refractivity contribution is 7.99. The Morgan fingerprint density at radius 2 is 2.12 bits per heavy atom. The summed E-state index contributed by atoms with van der Waals surface area (Å²) in [6.07, 6.45) is 5.09. The third-order valence-electron chi connectivity index (χ3n) is 4.21. The lowest BCUT2D eigenvalue weighted by atomic mass is 9.95. The van der Waals surface area contributed by atoms with E-state index in [1.807, 2.05) is 0 Å². The summed E-state index contributed by atoms with van der Waals surface area (Å²) in [7, 11) is 0. The van der Waals surface area contributed by atoms with Gasteiger partial charge in [-0.05, 0) is 31.9 Å². The van der Waals surface area contributed by atoms with Crippen LogP contribution in [-0.2, 0) is 4.79 Å². The number of nitrogens with zero attached hydrogens (tertiary/aromatic N) is 2. The molecule has 0 bridgehead atoms. The number of amides is 1. The lowest BCUT2D eigenvalue weighted by Crippen LogP contribution is -2.37. The molecule has 8 heteroatoms. The first-order valence-electron chi connectivity index (χ1n) is 8.78. The van der Waals surface area contributed by atoms with Crippen LogP contribution in [0, 0.1) is 5.82 Å². The third-order valence-corrected chi connectivity index (χ3v) is 5.03.